The zero-order chi connectivity index (χ0) is 13.1. The minimum Gasteiger partial charge on any atom is -0.348 e. The zero-order valence-corrected chi connectivity index (χ0v) is 11.5. The standard InChI is InChI=1S/C13H24N4/c1-6-13(5,8-14)17-12-15-10(4)7-11(16-12)9(2)3/h7,9H,6,8,14H2,1-5H3,(H,15,16,17). The second-order valence-electron chi connectivity index (χ2n) is 5.16. The highest BCUT2D eigenvalue weighted by Gasteiger charge is 2.21. The molecule has 0 aromatic carbocycles. The van der Waals surface area contributed by atoms with Gasteiger partial charge in [0.2, 0.25) is 5.95 Å². The van der Waals surface area contributed by atoms with Gasteiger partial charge in [0.15, 0.2) is 0 Å². The first-order valence-corrected chi connectivity index (χ1v) is 6.24. The number of nitrogens with zero attached hydrogens (tertiary/aromatic N) is 2. The van der Waals surface area contributed by atoms with Crippen molar-refractivity contribution in [1.29, 1.82) is 0 Å². The molecule has 0 amide bonds. The number of hydrogen-bond donors (Lipinski definition) is 2. The van der Waals surface area contributed by atoms with Gasteiger partial charge in [-0.2, -0.15) is 0 Å². The van der Waals surface area contributed by atoms with Gasteiger partial charge >= 0.3 is 0 Å². The molecule has 1 aromatic rings. The molecule has 0 radical (unpaired) electrons. The molecule has 0 saturated carbocycles. The Morgan fingerprint density at radius 2 is 2.06 bits per heavy atom. The lowest BCUT2D eigenvalue weighted by molar-refractivity contribution is 0.501. The maximum atomic E-state index is 5.78. The summed E-state index contributed by atoms with van der Waals surface area (Å²) in [6.45, 7) is 11.0. The highest BCUT2D eigenvalue weighted by Crippen LogP contribution is 2.18. The lowest BCUT2D eigenvalue weighted by Gasteiger charge is -2.28. The molecule has 3 N–H and O–H groups in total. The average molecular weight is 236 g/mol. The molecule has 0 aliphatic heterocycles. The molecule has 96 valence electrons. The van der Waals surface area contributed by atoms with Crippen LogP contribution in [0.5, 0.6) is 0 Å². The van der Waals surface area contributed by atoms with Gasteiger partial charge in [0.05, 0.1) is 0 Å². The summed E-state index contributed by atoms with van der Waals surface area (Å²) < 4.78 is 0. The van der Waals surface area contributed by atoms with Crippen molar-refractivity contribution in [2.45, 2.75) is 52.5 Å². The molecule has 0 bridgehead atoms. The summed E-state index contributed by atoms with van der Waals surface area (Å²) in [5.74, 6) is 1.09. The molecule has 4 heteroatoms. The van der Waals surface area contributed by atoms with E-state index in [0.29, 0.717) is 18.4 Å². The molecule has 1 heterocycles. The maximum Gasteiger partial charge on any atom is 0.223 e. The third-order valence-electron chi connectivity index (χ3n) is 3.11. The Labute approximate surface area is 104 Å². The lowest BCUT2D eigenvalue weighted by Crippen LogP contribution is -2.42. The van der Waals surface area contributed by atoms with Crippen LogP contribution >= 0.6 is 0 Å². The smallest absolute Gasteiger partial charge is 0.223 e. The highest BCUT2D eigenvalue weighted by atomic mass is 15.1. The largest absolute Gasteiger partial charge is 0.348 e. The molecule has 1 aromatic heterocycles. The first kappa shape index (κ1) is 13.9. The first-order chi connectivity index (χ1) is 7.90. The Morgan fingerprint density at radius 3 is 2.53 bits per heavy atom. The van der Waals surface area contributed by atoms with Gasteiger partial charge in [-0.1, -0.05) is 20.8 Å². The van der Waals surface area contributed by atoms with Crippen molar-refractivity contribution >= 4 is 5.95 Å². The molecule has 0 spiro atoms. The van der Waals surface area contributed by atoms with Gasteiger partial charge in [-0.15, -0.1) is 0 Å². The van der Waals surface area contributed by atoms with Crippen LogP contribution in [0.15, 0.2) is 6.07 Å². The molecule has 0 aliphatic rings. The van der Waals surface area contributed by atoms with Crippen LogP contribution in [-0.4, -0.2) is 22.1 Å². The number of nitrogens with two attached hydrogens (primary N) is 1. The lowest BCUT2D eigenvalue weighted by atomic mass is 10.00. The fourth-order valence-electron chi connectivity index (χ4n) is 1.50. The van der Waals surface area contributed by atoms with Crippen molar-refractivity contribution < 1.29 is 0 Å². The van der Waals surface area contributed by atoms with Gasteiger partial charge in [-0.05, 0) is 32.3 Å². The Kier molecular flexibility index (Phi) is 4.46. The number of anilines is 1. The van der Waals surface area contributed by atoms with Crippen molar-refractivity contribution in [3.63, 3.8) is 0 Å². The topological polar surface area (TPSA) is 63.8 Å². The summed E-state index contributed by atoms with van der Waals surface area (Å²) in [7, 11) is 0. The number of hydrogen-bond acceptors (Lipinski definition) is 4. The summed E-state index contributed by atoms with van der Waals surface area (Å²) in [6, 6.07) is 2.03. The normalized spacial score (nSPS) is 14.8. The van der Waals surface area contributed by atoms with Crippen molar-refractivity contribution in [3.8, 4) is 0 Å². The minimum atomic E-state index is -0.137. The molecule has 17 heavy (non-hydrogen) atoms. The van der Waals surface area contributed by atoms with E-state index < -0.39 is 0 Å². The summed E-state index contributed by atoms with van der Waals surface area (Å²) in [4.78, 5) is 8.96. The van der Waals surface area contributed by atoms with Gasteiger partial charge in [0.1, 0.15) is 0 Å². The Morgan fingerprint density at radius 1 is 1.41 bits per heavy atom. The molecule has 1 rings (SSSR count). The van der Waals surface area contributed by atoms with E-state index in [9.17, 15) is 0 Å². The molecular weight excluding hydrogens is 212 g/mol. The van der Waals surface area contributed by atoms with Crippen LogP contribution in [-0.2, 0) is 0 Å². The second kappa shape index (κ2) is 5.45. The van der Waals surface area contributed by atoms with Gasteiger partial charge in [0, 0.05) is 23.5 Å². The summed E-state index contributed by atoms with van der Waals surface area (Å²) >= 11 is 0. The van der Waals surface area contributed by atoms with Crippen LogP contribution in [0.3, 0.4) is 0 Å². The van der Waals surface area contributed by atoms with E-state index in [1.54, 1.807) is 0 Å². The van der Waals surface area contributed by atoms with Crippen LogP contribution in [0.2, 0.25) is 0 Å². The van der Waals surface area contributed by atoms with Crippen LogP contribution in [0.25, 0.3) is 0 Å². The second-order valence-corrected chi connectivity index (χ2v) is 5.16. The Bertz CT molecular complexity index is 370. The monoisotopic (exact) mass is 236 g/mol. The van der Waals surface area contributed by atoms with E-state index in [0.717, 1.165) is 17.8 Å². The average Bonchev–Trinajstić information content (AvgIpc) is 2.28. The minimum absolute atomic E-state index is 0.137. The Balaban J connectivity index is 2.98. The van der Waals surface area contributed by atoms with E-state index in [1.165, 1.54) is 0 Å². The molecule has 0 fully saturated rings. The zero-order valence-electron chi connectivity index (χ0n) is 11.5. The van der Waals surface area contributed by atoms with E-state index in [4.69, 9.17) is 5.73 Å². The van der Waals surface area contributed by atoms with Crippen molar-refractivity contribution in [1.82, 2.24) is 9.97 Å². The van der Waals surface area contributed by atoms with Gasteiger partial charge in [-0.25, -0.2) is 9.97 Å². The van der Waals surface area contributed by atoms with Gasteiger partial charge < -0.3 is 11.1 Å². The SMILES string of the molecule is CCC(C)(CN)Nc1nc(C)cc(C(C)C)n1. The third kappa shape index (κ3) is 3.66. The summed E-state index contributed by atoms with van der Waals surface area (Å²) in [5.41, 5.74) is 7.70. The molecule has 4 nitrogen and oxygen atoms in total. The quantitative estimate of drug-likeness (QED) is 0.824. The predicted octanol–water partition coefficient (Wildman–Crippen LogP) is 2.45. The van der Waals surface area contributed by atoms with Crippen LogP contribution in [0.1, 0.15) is 51.4 Å². The van der Waals surface area contributed by atoms with E-state index >= 15 is 0 Å². The number of aromatic nitrogens is 2. The van der Waals surface area contributed by atoms with Crippen LogP contribution in [0.4, 0.5) is 5.95 Å². The molecule has 1 atom stereocenters. The van der Waals surface area contributed by atoms with Gasteiger partial charge in [0.25, 0.3) is 0 Å². The molecule has 0 saturated heterocycles. The van der Waals surface area contributed by atoms with Crippen molar-refractivity contribution in [2.75, 3.05) is 11.9 Å². The van der Waals surface area contributed by atoms with E-state index in [-0.39, 0.29) is 5.54 Å². The highest BCUT2D eigenvalue weighted by molar-refractivity contribution is 5.32. The predicted molar refractivity (Wildman–Crippen MR) is 72.2 cm³/mol. The fourth-order valence-corrected chi connectivity index (χ4v) is 1.50. The van der Waals surface area contributed by atoms with Crippen molar-refractivity contribution in [3.05, 3.63) is 17.5 Å². The molecule has 0 aliphatic carbocycles. The first-order valence-electron chi connectivity index (χ1n) is 6.24. The maximum absolute atomic E-state index is 5.78. The number of aryl methyl sites for hydroxylation is 1. The Hall–Kier alpha value is -1.16. The van der Waals surface area contributed by atoms with Crippen molar-refractivity contribution in [2.24, 2.45) is 5.73 Å². The third-order valence-corrected chi connectivity index (χ3v) is 3.11. The van der Waals surface area contributed by atoms with E-state index in [1.807, 2.05) is 13.0 Å². The van der Waals surface area contributed by atoms with E-state index in [2.05, 4.69) is 43.0 Å². The molecule has 1 unspecified atom stereocenters. The van der Waals surface area contributed by atoms with Crippen LogP contribution in [0, 0.1) is 6.92 Å². The summed E-state index contributed by atoms with van der Waals surface area (Å²) in [5, 5.41) is 3.34. The molecular formula is C13H24N4. The number of rotatable bonds is 5. The fraction of sp³-hybridized carbons (Fsp3) is 0.692. The van der Waals surface area contributed by atoms with Gasteiger partial charge in [-0.3, -0.25) is 0 Å². The number of nitrogens with one attached hydrogen (secondary N) is 1. The van der Waals surface area contributed by atoms with Crippen LogP contribution < -0.4 is 11.1 Å². The summed E-state index contributed by atoms with van der Waals surface area (Å²) in [6.07, 6.45) is 0.942.